The second kappa shape index (κ2) is 12.1. The molecule has 0 atom stereocenters. The molecule has 2 aromatic carbocycles. The molecule has 198 valence electrons. The van der Waals surface area contributed by atoms with E-state index in [2.05, 4.69) is 0 Å². The van der Waals surface area contributed by atoms with Crippen LogP contribution in [0.25, 0.3) is 0 Å². The van der Waals surface area contributed by atoms with Crippen LogP contribution in [-0.4, -0.2) is 21.8 Å². The molecule has 0 saturated carbocycles. The normalized spacial score (nSPS) is 12.1. The predicted molar refractivity (Wildman–Crippen MR) is 149 cm³/mol. The summed E-state index contributed by atoms with van der Waals surface area (Å²) in [6.07, 6.45) is 6.83. The Morgan fingerprint density at radius 2 is 0.889 bits per heavy atom. The van der Waals surface area contributed by atoms with Gasteiger partial charge in [-0.2, -0.15) is 0 Å². The lowest BCUT2D eigenvalue weighted by atomic mass is 9.83. The van der Waals surface area contributed by atoms with Crippen LogP contribution in [0.3, 0.4) is 0 Å². The summed E-state index contributed by atoms with van der Waals surface area (Å²) in [5.74, 6) is 0.835. The zero-order valence-corrected chi connectivity index (χ0v) is 23.7. The molecule has 0 aliphatic heterocycles. The molecule has 0 fully saturated rings. The van der Waals surface area contributed by atoms with E-state index in [-0.39, 0.29) is 33.9 Å². The number of aryl methyl sites for hydroxylation is 2. The number of phenolic OH excluding ortho intramolecular Hbond substituents is 2. The topological polar surface area (TPSA) is 74.6 Å². The molecule has 4 heteroatoms. The van der Waals surface area contributed by atoms with Crippen molar-refractivity contribution in [1.29, 1.82) is 0 Å². The summed E-state index contributed by atoms with van der Waals surface area (Å²) in [5, 5.41) is 20.8. The first-order valence-electron chi connectivity index (χ1n) is 13.4. The molecule has 0 unspecified atom stereocenters. The van der Waals surface area contributed by atoms with E-state index in [1.54, 1.807) is 12.1 Å². The maximum atomic E-state index is 12.7. The average molecular weight is 495 g/mol. The number of rotatable bonds is 11. The van der Waals surface area contributed by atoms with E-state index in [9.17, 15) is 19.8 Å². The maximum Gasteiger partial charge on any atom is 0.162 e. The van der Waals surface area contributed by atoms with E-state index in [1.807, 2.05) is 67.5 Å². The Hall–Kier alpha value is -2.62. The van der Waals surface area contributed by atoms with Crippen molar-refractivity contribution in [2.24, 2.45) is 0 Å². The van der Waals surface area contributed by atoms with E-state index in [0.717, 1.165) is 60.8 Å². The Bertz CT molecular complexity index is 993. The molecule has 0 bridgehead atoms. The van der Waals surface area contributed by atoms with Crippen molar-refractivity contribution >= 4 is 11.6 Å². The molecule has 0 aromatic heterocycles. The minimum atomic E-state index is -0.220. The molecule has 0 radical (unpaired) electrons. The van der Waals surface area contributed by atoms with Gasteiger partial charge in [-0.1, -0.05) is 67.2 Å². The summed E-state index contributed by atoms with van der Waals surface area (Å²) < 4.78 is 0. The third-order valence-corrected chi connectivity index (χ3v) is 6.92. The first-order valence-corrected chi connectivity index (χ1v) is 13.4. The fraction of sp³-hybridized carbons (Fsp3) is 0.562. The standard InChI is InChI=1S/C32H46O4/c1-21-17-23(19-25(29(21)35)31(3,4)5)27(33)15-13-11-9-10-12-14-16-28(34)24-18-22(2)30(36)26(20-24)32(6,7)8/h17-20,35-36H,9-16H2,1-8H3. The van der Waals surface area contributed by atoms with E-state index in [4.69, 9.17) is 0 Å². The SMILES string of the molecule is Cc1cc(C(=O)CCCCCCCCC(=O)c2cc(C)c(O)c(C(C)(C)C)c2)cc(C(C)(C)C)c1O. The largest absolute Gasteiger partial charge is 0.507 e. The van der Waals surface area contributed by atoms with Gasteiger partial charge < -0.3 is 10.2 Å². The Labute approximate surface area is 218 Å². The number of unbranched alkanes of at least 4 members (excludes halogenated alkanes) is 5. The van der Waals surface area contributed by atoms with Crippen LogP contribution in [0.1, 0.15) is 136 Å². The van der Waals surface area contributed by atoms with Crippen LogP contribution in [0.15, 0.2) is 24.3 Å². The maximum absolute atomic E-state index is 12.7. The van der Waals surface area contributed by atoms with Crippen molar-refractivity contribution in [3.05, 3.63) is 57.6 Å². The highest BCUT2D eigenvalue weighted by Crippen LogP contribution is 2.35. The molecular weight excluding hydrogens is 448 g/mol. The summed E-state index contributed by atoms with van der Waals surface area (Å²) in [6, 6.07) is 7.29. The van der Waals surface area contributed by atoms with Gasteiger partial charge in [-0.15, -0.1) is 0 Å². The Balaban J connectivity index is 1.75. The van der Waals surface area contributed by atoms with Crippen LogP contribution >= 0.6 is 0 Å². The number of carbonyl (C=O) groups excluding carboxylic acids is 2. The van der Waals surface area contributed by atoms with Gasteiger partial charge in [-0.25, -0.2) is 0 Å². The lowest BCUT2D eigenvalue weighted by Gasteiger charge is -2.22. The molecule has 2 aromatic rings. The quantitative estimate of drug-likeness (QED) is 0.242. The van der Waals surface area contributed by atoms with Crippen molar-refractivity contribution in [2.45, 2.75) is 118 Å². The molecule has 2 rings (SSSR count). The zero-order valence-electron chi connectivity index (χ0n) is 23.7. The van der Waals surface area contributed by atoms with Gasteiger partial charge in [0.25, 0.3) is 0 Å². The number of hydrogen-bond donors (Lipinski definition) is 2. The van der Waals surface area contributed by atoms with Crippen molar-refractivity contribution in [3.8, 4) is 11.5 Å². The number of hydrogen-bond acceptors (Lipinski definition) is 4. The summed E-state index contributed by atoms with van der Waals surface area (Å²) in [7, 11) is 0. The highest BCUT2D eigenvalue weighted by Gasteiger charge is 2.23. The predicted octanol–water partition coefficient (Wildman–Crippen LogP) is 8.50. The second-order valence-corrected chi connectivity index (χ2v) is 12.3. The van der Waals surface area contributed by atoms with Gasteiger partial charge in [-0.05, 0) is 72.9 Å². The Morgan fingerprint density at radius 1 is 0.583 bits per heavy atom. The first-order chi connectivity index (χ1) is 16.6. The van der Waals surface area contributed by atoms with E-state index in [0.29, 0.717) is 24.0 Å². The molecule has 4 nitrogen and oxygen atoms in total. The first kappa shape index (κ1) is 29.6. The highest BCUT2D eigenvalue weighted by molar-refractivity contribution is 5.97. The van der Waals surface area contributed by atoms with Crippen LogP contribution in [-0.2, 0) is 10.8 Å². The number of carbonyl (C=O) groups is 2. The second-order valence-electron chi connectivity index (χ2n) is 12.3. The van der Waals surface area contributed by atoms with Crippen LogP contribution in [0.5, 0.6) is 11.5 Å². The smallest absolute Gasteiger partial charge is 0.162 e. The monoisotopic (exact) mass is 494 g/mol. The highest BCUT2D eigenvalue weighted by atomic mass is 16.3. The molecule has 0 amide bonds. The summed E-state index contributed by atoms with van der Waals surface area (Å²) in [6.45, 7) is 15.9. The van der Waals surface area contributed by atoms with Gasteiger partial charge in [0.05, 0.1) is 0 Å². The number of Topliss-reactive ketones (excluding diaryl/α,β-unsaturated/α-hetero) is 2. The average Bonchev–Trinajstić information content (AvgIpc) is 2.76. The molecule has 0 saturated heterocycles. The molecule has 0 heterocycles. The fourth-order valence-corrected chi connectivity index (χ4v) is 4.59. The minimum Gasteiger partial charge on any atom is -0.507 e. The molecule has 0 aliphatic rings. The summed E-state index contributed by atoms with van der Waals surface area (Å²) in [4.78, 5) is 25.5. The molecule has 2 N–H and O–H groups in total. The van der Waals surface area contributed by atoms with Crippen LogP contribution in [0, 0.1) is 13.8 Å². The third kappa shape index (κ3) is 7.94. The van der Waals surface area contributed by atoms with Gasteiger partial charge in [-0.3, -0.25) is 9.59 Å². The number of phenols is 2. The van der Waals surface area contributed by atoms with Crippen molar-refractivity contribution in [3.63, 3.8) is 0 Å². The molecule has 0 aliphatic carbocycles. The van der Waals surface area contributed by atoms with Crippen molar-refractivity contribution < 1.29 is 19.8 Å². The minimum absolute atomic E-state index is 0.132. The number of ketones is 2. The molecule has 36 heavy (non-hydrogen) atoms. The van der Waals surface area contributed by atoms with Gasteiger partial charge >= 0.3 is 0 Å². The lowest BCUT2D eigenvalue weighted by molar-refractivity contribution is 0.0969. The molecular formula is C32H46O4. The lowest BCUT2D eigenvalue weighted by Crippen LogP contribution is -2.13. The number of aromatic hydroxyl groups is 2. The van der Waals surface area contributed by atoms with Crippen LogP contribution < -0.4 is 0 Å². The van der Waals surface area contributed by atoms with Gasteiger partial charge in [0.1, 0.15) is 11.5 Å². The van der Waals surface area contributed by atoms with E-state index < -0.39 is 0 Å². The van der Waals surface area contributed by atoms with Gasteiger partial charge in [0.15, 0.2) is 11.6 Å². The zero-order chi connectivity index (χ0) is 27.3. The van der Waals surface area contributed by atoms with Crippen molar-refractivity contribution in [1.82, 2.24) is 0 Å². The van der Waals surface area contributed by atoms with Crippen LogP contribution in [0.2, 0.25) is 0 Å². The Morgan fingerprint density at radius 3 is 1.19 bits per heavy atom. The number of benzene rings is 2. The van der Waals surface area contributed by atoms with E-state index in [1.165, 1.54) is 0 Å². The summed E-state index contributed by atoms with van der Waals surface area (Å²) >= 11 is 0. The van der Waals surface area contributed by atoms with Crippen LogP contribution in [0.4, 0.5) is 0 Å². The molecule has 0 spiro atoms. The third-order valence-electron chi connectivity index (χ3n) is 6.92. The van der Waals surface area contributed by atoms with E-state index >= 15 is 0 Å². The van der Waals surface area contributed by atoms with Gasteiger partial charge in [0.2, 0.25) is 0 Å². The Kier molecular flexibility index (Phi) is 9.93. The fourth-order valence-electron chi connectivity index (χ4n) is 4.59. The van der Waals surface area contributed by atoms with Crippen molar-refractivity contribution in [2.75, 3.05) is 0 Å². The summed E-state index contributed by atoms with van der Waals surface area (Å²) in [5.41, 5.74) is 4.07. The van der Waals surface area contributed by atoms with Gasteiger partial charge in [0, 0.05) is 35.1 Å².